The van der Waals surface area contributed by atoms with Gasteiger partial charge in [0.05, 0.1) is 22.7 Å². The maximum Gasteiger partial charge on any atom is 0.172 e. The molecule has 0 amide bonds. The highest BCUT2D eigenvalue weighted by Crippen LogP contribution is 2.28. The minimum Gasteiger partial charge on any atom is -0.508 e. The van der Waals surface area contributed by atoms with Gasteiger partial charge >= 0.3 is 0 Å². The van der Waals surface area contributed by atoms with E-state index in [2.05, 4.69) is 4.98 Å². The first kappa shape index (κ1) is 13.5. The molecule has 1 aromatic heterocycles. The molecule has 1 heterocycles. The van der Waals surface area contributed by atoms with Crippen LogP contribution in [0.2, 0.25) is 0 Å². The Hall–Kier alpha value is -1.88. The van der Waals surface area contributed by atoms with Gasteiger partial charge in [-0.1, -0.05) is 6.92 Å². The second-order valence-electron chi connectivity index (χ2n) is 4.31. The van der Waals surface area contributed by atoms with Gasteiger partial charge < -0.3 is 10.2 Å². The van der Waals surface area contributed by atoms with E-state index in [1.807, 2.05) is 19.2 Å². The summed E-state index contributed by atoms with van der Waals surface area (Å²) in [6.07, 6.45) is 0.758. The van der Waals surface area contributed by atoms with Gasteiger partial charge in [-0.25, -0.2) is 4.98 Å². The Bertz CT molecular complexity index is 619. The molecule has 100 valence electrons. The van der Waals surface area contributed by atoms with Crippen LogP contribution in [-0.4, -0.2) is 21.0 Å². The summed E-state index contributed by atoms with van der Waals surface area (Å²) in [6, 6.07) is 2.77. The molecule has 0 unspecified atom stereocenters. The molecule has 0 saturated carbocycles. The predicted octanol–water partition coefficient (Wildman–Crippen LogP) is 2.85. The van der Waals surface area contributed by atoms with Gasteiger partial charge in [0.15, 0.2) is 5.78 Å². The number of ketones is 1. The summed E-state index contributed by atoms with van der Waals surface area (Å²) in [5.74, 6) is -0.370. The molecule has 0 saturated heterocycles. The summed E-state index contributed by atoms with van der Waals surface area (Å²) in [5.41, 5.74) is 1.59. The standard InChI is InChI=1S/C14H15NO3S/c1-3-9-4-11(14(18)6-12(9)16)13(17)5-10-7-19-8(2)15-10/h4,6-7,16,18H,3,5H2,1-2H3. The van der Waals surface area contributed by atoms with Crippen LogP contribution in [0.3, 0.4) is 0 Å². The molecule has 2 aromatic rings. The summed E-state index contributed by atoms with van der Waals surface area (Å²) in [6.45, 7) is 3.76. The lowest BCUT2D eigenvalue weighted by Crippen LogP contribution is -2.05. The second kappa shape index (κ2) is 5.40. The van der Waals surface area contributed by atoms with Crippen LogP contribution >= 0.6 is 11.3 Å². The fourth-order valence-electron chi connectivity index (χ4n) is 1.88. The Balaban J connectivity index is 2.28. The van der Waals surface area contributed by atoms with Crippen LogP contribution in [0.1, 0.15) is 33.5 Å². The molecule has 0 fully saturated rings. The number of benzene rings is 1. The lowest BCUT2D eigenvalue weighted by molar-refractivity contribution is 0.0989. The molecule has 0 spiro atoms. The van der Waals surface area contributed by atoms with E-state index in [4.69, 9.17) is 0 Å². The zero-order valence-corrected chi connectivity index (χ0v) is 11.6. The lowest BCUT2D eigenvalue weighted by atomic mass is 10.0. The number of aryl methyl sites for hydroxylation is 2. The van der Waals surface area contributed by atoms with Crippen molar-refractivity contribution in [1.82, 2.24) is 4.98 Å². The van der Waals surface area contributed by atoms with Crippen LogP contribution < -0.4 is 0 Å². The summed E-state index contributed by atoms with van der Waals surface area (Å²) in [5, 5.41) is 22.1. The highest BCUT2D eigenvalue weighted by atomic mass is 32.1. The maximum absolute atomic E-state index is 12.1. The molecule has 4 nitrogen and oxygen atoms in total. The van der Waals surface area contributed by atoms with Gasteiger partial charge in [-0.15, -0.1) is 11.3 Å². The Labute approximate surface area is 115 Å². The number of thiazole rings is 1. The third-order valence-electron chi connectivity index (χ3n) is 2.89. The Morgan fingerprint density at radius 1 is 1.32 bits per heavy atom. The van der Waals surface area contributed by atoms with Crippen LogP contribution in [0.15, 0.2) is 17.5 Å². The lowest BCUT2D eigenvalue weighted by Gasteiger charge is -2.07. The van der Waals surface area contributed by atoms with Crippen molar-refractivity contribution in [2.75, 3.05) is 0 Å². The van der Waals surface area contributed by atoms with E-state index < -0.39 is 0 Å². The Morgan fingerprint density at radius 2 is 2.05 bits per heavy atom. The number of nitrogens with zero attached hydrogens (tertiary/aromatic N) is 1. The van der Waals surface area contributed by atoms with Gasteiger partial charge in [-0.2, -0.15) is 0 Å². The first-order valence-corrected chi connectivity index (χ1v) is 6.88. The minimum absolute atomic E-state index is 0.0149. The zero-order valence-electron chi connectivity index (χ0n) is 10.8. The molecule has 0 atom stereocenters. The first-order chi connectivity index (χ1) is 9.01. The van der Waals surface area contributed by atoms with Gasteiger partial charge in [0.1, 0.15) is 11.5 Å². The highest BCUT2D eigenvalue weighted by Gasteiger charge is 2.16. The smallest absolute Gasteiger partial charge is 0.172 e. The average molecular weight is 277 g/mol. The van der Waals surface area contributed by atoms with E-state index in [0.29, 0.717) is 17.7 Å². The molecular formula is C14H15NO3S. The van der Waals surface area contributed by atoms with E-state index in [1.54, 1.807) is 6.07 Å². The molecule has 0 aliphatic carbocycles. The number of phenols is 2. The van der Waals surface area contributed by atoms with Crippen LogP contribution in [-0.2, 0) is 12.8 Å². The molecule has 2 rings (SSSR count). The minimum atomic E-state index is -0.197. The predicted molar refractivity (Wildman–Crippen MR) is 74.0 cm³/mol. The van der Waals surface area contributed by atoms with Gasteiger partial charge in [-0.05, 0) is 25.0 Å². The molecule has 0 radical (unpaired) electrons. The van der Waals surface area contributed by atoms with E-state index in [-0.39, 0.29) is 29.3 Å². The summed E-state index contributed by atoms with van der Waals surface area (Å²) >= 11 is 1.49. The van der Waals surface area contributed by atoms with Crippen molar-refractivity contribution in [2.45, 2.75) is 26.7 Å². The molecule has 19 heavy (non-hydrogen) atoms. The normalized spacial score (nSPS) is 10.6. The van der Waals surface area contributed by atoms with E-state index in [1.165, 1.54) is 17.4 Å². The van der Waals surface area contributed by atoms with Crippen molar-refractivity contribution in [2.24, 2.45) is 0 Å². The molecule has 0 aliphatic heterocycles. The van der Waals surface area contributed by atoms with E-state index >= 15 is 0 Å². The van der Waals surface area contributed by atoms with Gasteiger partial charge in [0.2, 0.25) is 0 Å². The molecule has 2 N–H and O–H groups in total. The van der Waals surface area contributed by atoms with Gasteiger partial charge in [0.25, 0.3) is 0 Å². The SMILES string of the molecule is CCc1cc(C(=O)Cc2csc(C)n2)c(O)cc1O. The van der Waals surface area contributed by atoms with Crippen molar-refractivity contribution in [3.05, 3.63) is 39.3 Å². The van der Waals surface area contributed by atoms with Crippen molar-refractivity contribution >= 4 is 17.1 Å². The summed E-state index contributed by atoms with van der Waals surface area (Å²) in [7, 11) is 0. The number of aromatic nitrogens is 1. The third-order valence-corrected chi connectivity index (χ3v) is 3.71. The van der Waals surface area contributed by atoms with E-state index in [9.17, 15) is 15.0 Å². The number of hydrogen-bond donors (Lipinski definition) is 2. The zero-order chi connectivity index (χ0) is 14.0. The van der Waals surface area contributed by atoms with E-state index in [0.717, 1.165) is 5.01 Å². The van der Waals surface area contributed by atoms with Crippen molar-refractivity contribution in [3.8, 4) is 11.5 Å². The molecule has 0 aliphatic rings. The number of hydrogen-bond acceptors (Lipinski definition) is 5. The largest absolute Gasteiger partial charge is 0.508 e. The van der Waals surface area contributed by atoms with Crippen LogP contribution in [0, 0.1) is 6.92 Å². The molecule has 5 heteroatoms. The fourth-order valence-corrected chi connectivity index (χ4v) is 2.49. The number of phenolic OH excluding ortho intramolecular Hbond substituents is 2. The molecular weight excluding hydrogens is 262 g/mol. The van der Waals surface area contributed by atoms with Crippen LogP contribution in [0.5, 0.6) is 11.5 Å². The van der Waals surface area contributed by atoms with Crippen LogP contribution in [0.25, 0.3) is 0 Å². The maximum atomic E-state index is 12.1. The number of carbonyl (C=O) groups excluding carboxylic acids is 1. The number of carbonyl (C=O) groups is 1. The van der Waals surface area contributed by atoms with Crippen molar-refractivity contribution in [3.63, 3.8) is 0 Å². The van der Waals surface area contributed by atoms with Crippen molar-refractivity contribution in [1.29, 1.82) is 0 Å². The summed E-state index contributed by atoms with van der Waals surface area (Å²) in [4.78, 5) is 16.4. The molecule has 0 bridgehead atoms. The Kier molecular flexibility index (Phi) is 3.85. The Morgan fingerprint density at radius 3 is 2.63 bits per heavy atom. The van der Waals surface area contributed by atoms with Crippen molar-refractivity contribution < 1.29 is 15.0 Å². The number of Topliss-reactive ketones (excluding diaryl/α,β-unsaturated/α-hetero) is 1. The molecule has 1 aromatic carbocycles. The monoisotopic (exact) mass is 277 g/mol. The quantitative estimate of drug-likeness (QED) is 0.843. The summed E-state index contributed by atoms with van der Waals surface area (Å²) < 4.78 is 0. The topological polar surface area (TPSA) is 70.4 Å². The third kappa shape index (κ3) is 2.93. The van der Waals surface area contributed by atoms with Gasteiger partial charge in [0, 0.05) is 11.4 Å². The number of rotatable bonds is 4. The van der Waals surface area contributed by atoms with Crippen LogP contribution in [0.4, 0.5) is 0 Å². The highest BCUT2D eigenvalue weighted by molar-refractivity contribution is 7.09. The average Bonchev–Trinajstić information content (AvgIpc) is 2.74. The van der Waals surface area contributed by atoms with Gasteiger partial charge in [-0.3, -0.25) is 4.79 Å². The first-order valence-electron chi connectivity index (χ1n) is 6.00. The number of aromatic hydroxyl groups is 2. The fraction of sp³-hybridized carbons (Fsp3) is 0.286. The second-order valence-corrected chi connectivity index (χ2v) is 5.37.